The van der Waals surface area contributed by atoms with Gasteiger partial charge in [-0.3, -0.25) is 9.59 Å². The molecule has 8 heteroatoms. The van der Waals surface area contributed by atoms with Crippen LogP contribution in [0, 0.1) is 5.92 Å². The molecule has 2 N–H and O–H groups in total. The summed E-state index contributed by atoms with van der Waals surface area (Å²) >= 11 is 1.52. The normalized spacial score (nSPS) is 17.3. The molecule has 2 amide bonds. The molecule has 1 fully saturated rings. The second-order valence-corrected chi connectivity index (χ2v) is 11.6. The maximum atomic E-state index is 13.2. The summed E-state index contributed by atoms with van der Waals surface area (Å²) < 4.78 is 10.9. The molecule has 1 heterocycles. The van der Waals surface area contributed by atoms with E-state index in [9.17, 15) is 14.4 Å². The zero-order valence-electron chi connectivity index (χ0n) is 20.6. The summed E-state index contributed by atoms with van der Waals surface area (Å²) in [5.41, 5.74) is 1.85. The molecule has 1 aromatic heterocycles. The van der Waals surface area contributed by atoms with Crippen molar-refractivity contribution in [3.8, 4) is 0 Å². The SMILES string of the molecule is CC(C)(C)OC(=O)Cc1sc2c(c1C(=O)NCC1CC1)C[C@@H](NC(=O)OCc1ccccc1)CC2. The van der Waals surface area contributed by atoms with E-state index in [1.54, 1.807) is 0 Å². The van der Waals surface area contributed by atoms with E-state index in [-0.39, 0.29) is 30.9 Å². The molecule has 0 bridgehead atoms. The van der Waals surface area contributed by atoms with Gasteiger partial charge >= 0.3 is 12.1 Å². The average Bonchev–Trinajstić information content (AvgIpc) is 3.56. The number of alkyl carbamates (subject to hydrolysis) is 1. The molecular weight excluding hydrogens is 464 g/mol. The van der Waals surface area contributed by atoms with E-state index in [1.807, 2.05) is 51.1 Å². The first kappa shape index (κ1) is 25.2. The third-order valence-electron chi connectivity index (χ3n) is 6.07. The van der Waals surface area contributed by atoms with Gasteiger partial charge in [-0.25, -0.2) is 4.79 Å². The zero-order valence-corrected chi connectivity index (χ0v) is 21.5. The van der Waals surface area contributed by atoms with Crippen molar-refractivity contribution in [2.45, 2.75) is 77.5 Å². The molecule has 1 saturated carbocycles. The lowest BCUT2D eigenvalue weighted by atomic mass is 9.90. The van der Waals surface area contributed by atoms with E-state index >= 15 is 0 Å². The Bertz CT molecular complexity index is 1070. The molecule has 35 heavy (non-hydrogen) atoms. The molecule has 2 aromatic rings. The highest BCUT2D eigenvalue weighted by molar-refractivity contribution is 7.12. The highest BCUT2D eigenvalue weighted by Gasteiger charge is 2.32. The second-order valence-electron chi connectivity index (χ2n) is 10.4. The largest absolute Gasteiger partial charge is 0.460 e. The monoisotopic (exact) mass is 498 g/mol. The minimum absolute atomic E-state index is 0.0678. The Kier molecular flexibility index (Phi) is 7.79. The van der Waals surface area contributed by atoms with Gasteiger partial charge in [0.05, 0.1) is 12.0 Å². The quantitative estimate of drug-likeness (QED) is 0.521. The number of esters is 1. The number of thiophene rings is 1. The van der Waals surface area contributed by atoms with Crippen LogP contribution in [0.5, 0.6) is 0 Å². The molecular formula is C27H34N2O5S. The van der Waals surface area contributed by atoms with E-state index in [0.717, 1.165) is 46.6 Å². The highest BCUT2D eigenvalue weighted by atomic mass is 32.1. The Balaban J connectivity index is 1.45. The number of aryl methyl sites for hydroxylation is 1. The van der Waals surface area contributed by atoms with E-state index in [1.165, 1.54) is 11.3 Å². The van der Waals surface area contributed by atoms with Gasteiger partial charge in [0.2, 0.25) is 0 Å². The van der Waals surface area contributed by atoms with Crippen molar-refractivity contribution in [1.29, 1.82) is 0 Å². The molecule has 1 aromatic carbocycles. The van der Waals surface area contributed by atoms with Crippen molar-refractivity contribution in [1.82, 2.24) is 10.6 Å². The van der Waals surface area contributed by atoms with Crippen LogP contribution in [-0.4, -0.2) is 36.2 Å². The number of rotatable bonds is 8. The van der Waals surface area contributed by atoms with Gasteiger partial charge in [0.25, 0.3) is 5.91 Å². The highest BCUT2D eigenvalue weighted by Crippen LogP contribution is 2.36. The summed E-state index contributed by atoms with van der Waals surface area (Å²) in [6, 6.07) is 9.40. The predicted octanol–water partition coefficient (Wildman–Crippen LogP) is 4.56. The fourth-order valence-corrected chi connectivity index (χ4v) is 5.57. The Morgan fingerprint density at radius 1 is 1.09 bits per heavy atom. The minimum Gasteiger partial charge on any atom is -0.460 e. The minimum atomic E-state index is -0.586. The van der Waals surface area contributed by atoms with Gasteiger partial charge < -0.3 is 20.1 Å². The van der Waals surface area contributed by atoms with Gasteiger partial charge in [0, 0.05) is 22.3 Å². The smallest absolute Gasteiger partial charge is 0.407 e. The van der Waals surface area contributed by atoms with Crippen LogP contribution in [0.3, 0.4) is 0 Å². The van der Waals surface area contributed by atoms with Crippen molar-refractivity contribution >= 4 is 29.3 Å². The number of fused-ring (bicyclic) bond motifs is 1. The van der Waals surface area contributed by atoms with Crippen LogP contribution in [-0.2, 0) is 40.1 Å². The van der Waals surface area contributed by atoms with Crippen LogP contribution < -0.4 is 10.6 Å². The molecule has 0 spiro atoms. The summed E-state index contributed by atoms with van der Waals surface area (Å²) in [7, 11) is 0. The second kappa shape index (κ2) is 10.8. The van der Waals surface area contributed by atoms with Gasteiger partial charge in [-0.1, -0.05) is 30.3 Å². The fourth-order valence-electron chi connectivity index (χ4n) is 4.24. The average molecular weight is 499 g/mol. The van der Waals surface area contributed by atoms with Gasteiger partial charge in [0.15, 0.2) is 0 Å². The molecule has 0 radical (unpaired) electrons. The van der Waals surface area contributed by atoms with Gasteiger partial charge in [0.1, 0.15) is 12.2 Å². The fraction of sp³-hybridized carbons (Fsp3) is 0.519. The van der Waals surface area contributed by atoms with E-state index < -0.39 is 11.7 Å². The lowest BCUT2D eigenvalue weighted by Gasteiger charge is -2.24. The molecule has 4 rings (SSSR count). The van der Waals surface area contributed by atoms with Crippen molar-refractivity contribution < 1.29 is 23.9 Å². The number of carbonyl (C=O) groups is 3. The summed E-state index contributed by atoms with van der Waals surface area (Å²) in [5, 5.41) is 6.01. The van der Waals surface area contributed by atoms with Crippen molar-refractivity contribution in [2.24, 2.45) is 5.92 Å². The number of ether oxygens (including phenoxy) is 2. The van der Waals surface area contributed by atoms with Crippen LogP contribution in [0.1, 0.15) is 71.3 Å². The molecule has 2 aliphatic rings. The lowest BCUT2D eigenvalue weighted by molar-refractivity contribution is -0.153. The van der Waals surface area contributed by atoms with Gasteiger partial charge in [-0.15, -0.1) is 11.3 Å². The van der Waals surface area contributed by atoms with E-state index in [2.05, 4.69) is 10.6 Å². The van der Waals surface area contributed by atoms with Crippen LogP contribution in [0.25, 0.3) is 0 Å². The number of hydrogen-bond donors (Lipinski definition) is 2. The third kappa shape index (κ3) is 7.31. The molecule has 0 unspecified atom stereocenters. The Labute approximate surface area is 210 Å². The van der Waals surface area contributed by atoms with Crippen LogP contribution >= 0.6 is 11.3 Å². The number of amides is 2. The van der Waals surface area contributed by atoms with Gasteiger partial charge in [-0.2, -0.15) is 0 Å². The molecule has 2 aliphatic carbocycles. The van der Waals surface area contributed by atoms with E-state index in [4.69, 9.17) is 9.47 Å². The summed E-state index contributed by atoms with van der Waals surface area (Å²) in [4.78, 5) is 40.0. The summed E-state index contributed by atoms with van der Waals surface area (Å²) in [6.45, 7) is 6.36. The van der Waals surface area contributed by atoms with Crippen LogP contribution in [0.2, 0.25) is 0 Å². The maximum Gasteiger partial charge on any atom is 0.407 e. The third-order valence-corrected chi connectivity index (χ3v) is 7.36. The first-order valence-corrected chi connectivity index (χ1v) is 13.1. The molecule has 1 atom stereocenters. The first-order valence-electron chi connectivity index (χ1n) is 12.3. The Morgan fingerprint density at radius 2 is 1.83 bits per heavy atom. The standard InChI is InChI=1S/C27H34N2O5S/c1-27(2,3)34-23(30)14-22-24(25(31)28-15-17-9-10-17)20-13-19(11-12-21(20)35-22)29-26(32)33-16-18-7-5-4-6-8-18/h4-8,17,19H,9-16H2,1-3H3,(H,28,31)(H,29,32)/t19-/m0/s1. The van der Waals surface area contributed by atoms with Crippen LogP contribution in [0.15, 0.2) is 30.3 Å². The van der Waals surface area contributed by atoms with Crippen molar-refractivity contribution in [3.05, 3.63) is 56.8 Å². The Hall–Kier alpha value is -2.87. The number of nitrogens with one attached hydrogen (secondary N) is 2. The Morgan fingerprint density at radius 3 is 2.51 bits per heavy atom. The first-order chi connectivity index (χ1) is 16.7. The molecule has 0 aliphatic heterocycles. The molecule has 7 nitrogen and oxygen atoms in total. The van der Waals surface area contributed by atoms with E-state index in [0.29, 0.717) is 24.4 Å². The van der Waals surface area contributed by atoms with Crippen molar-refractivity contribution in [2.75, 3.05) is 6.54 Å². The number of carbonyl (C=O) groups excluding carboxylic acids is 3. The predicted molar refractivity (Wildman–Crippen MR) is 135 cm³/mol. The molecule has 0 saturated heterocycles. The summed E-state index contributed by atoms with van der Waals surface area (Å²) in [6.07, 6.45) is 3.91. The maximum absolute atomic E-state index is 13.2. The van der Waals surface area contributed by atoms with Crippen LogP contribution in [0.4, 0.5) is 4.79 Å². The zero-order chi connectivity index (χ0) is 25.0. The lowest BCUT2D eigenvalue weighted by Crippen LogP contribution is -2.39. The van der Waals surface area contributed by atoms with Gasteiger partial charge in [-0.05, 0) is 69.9 Å². The molecule has 188 valence electrons. The summed E-state index contributed by atoms with van der Waals surface area (Å²) in [5.74, 6) is 0.0725. The van der Waals surface area contributed by atoms with Crippen molar-refractivity contribution in [3.63, 3.8) is 0 Å². The number of benzene rings is 1. The topological polar surface area (TPSA) is 93.7 Å². The number of hydrogen-bond acceptors (Lipinski definition) is 6.